The fourth-order valence-electron chi connectivity index (χ4n) is 2.11. The Bertz CT molecular complexity index is 864. The van der Waals surface area contributed by atoms with Gasteiger partial charge in [0.2, 0.25) is 5.91 Å². The van der Waals surface area contributed by atoms with Crippen molar-refractivity contribution in [2.24, 2.45) is 0 Å². The van der Waals surface area contributed by atoms with Gasteiger partial charge in [0.05, 0.1) is 0 Å². The summed E-state index contributed by atoms with van der Waals surface area (Å²) in [6, 6.07) is 7.33. The maximum absolute atomic E-state index is 13.6. The summed E-state index contributed by atoms with van der Waals surface area (Å²) in [5.41, 5.74) is 2.23. The van der Waals surface area contributed by atoms with Crippen LogP contribution < -0.4 is 5.32 Å². The van der Waals surface area contributed by atoms with E-state index in [-0.39, 0.29) is 0 Å². The van der Waals surface area contributed by atoms with Crippen LogP contribution in [0, 0.1) is 25.5 Å². The molecule has 4 nitrogen and oxygen atoms in total. The van der Waals surface area contributed by atoms with Crippen molar-refractivity contribution in [3.63, 3.8) is 0 Å². The Kier molecular flexibility index (Phi) is 4.79. The Morgan fingerprint density at radius 3 is 2.43 bits per heavy atom. The second-order valence-electron chi connectivity index (χ2n) is 5.20. The topological polar surface area (TPSA) is 63.2 Å². The minimum Gasteiger partial charge on any atom is -0.325 e. The highest BCUT2D eigenvalue weighted by Crippen LogP contribution is 2.19. The van der Waals surface area contributed by atoms with Gasteiger partial charge in [0.25, 0.3) is 0 Å². The molecule has 0 radical (unpaired) electrons. The maximum atomic E-state index is 13.6. The number of anilines is 1. The molecule has 2 rings (SSSR count). The van der Waals surface area contributed by atoms with Crippen LogP contribution in [0.1, 0.15) is 11.1 Å². The zero-order chi connectivity index (χ0) is 17.2. The molecule has 0 fully saturated rings. The Hall–Kier alpha value is -2.28. The summed E-state index contributed by atoms with van der Waals surface area (Å²) in [4.78, 5) is 11.1. The van der Waals surface area contributed by atoms with Gasteiger partial charge < -0.3 is 5.32 Å². The average molecular weight is 339 g/mol. The monoisotopic (exact) mass is 339 g/mol. The van der Waals surface area contributed by atoms with Crippen molar-refractivity contribution in [2.45, 2.75) is 18.7 Å². The van der Waals surface area contributed by atoms with Crippen LogP contribution in [-0.2, 0) is 14.6 Å². The fourth-order valence-corrected chi connectivity index (χ4v) is 3.34. The summed E-state index contributed by atoms with van der Waals surface area (Å²) in [6.07, 6.45) is 0. The molecule has 0 aliphatic heterocycles. The highest BCUT2D eigenvalue weighted by Gasteiger charge is 2.24. The number of nitrogens with one attached hydrogen (secondary N) is 1. The number of halogens is 2. The summed E-state index contributed by atoms with van der Waals surface area (Å²) < 4.78 is 50.8. The first-order valence-corrected chi connectivity index (χ1v) is 8.39. The molecule has 0 bridgehead atoms. The van der Waals surface area contributed by atoms with E-state index in [9.17, 15) is 22.0 Å². The molecule has 0 spiro atoms. The van der Waals surface area contributed by atoms with Gasteiger partial charge in [-0.1, -0.05) is 17.7 Å². The number of hydrogen-bond donors (Lipinski definition) is 1. The van der Waals surface area contributed by atoms with Crippen LogP contribution in [0.15, 0.2) is 41.3 Å². The first kappa shape index (κ1) is 17.1. The van der Waals surface area contributed by atoms with Gasteiger partial charge in [0, 0.05) is 5.69 Å². The van der Waals surface area contributed by atoms with E-state index in [1.807, 2.05) is 13.0 Å². The van der Waals surface area contributed by atoms with Crippen LogP contribution in [0.2, 0.25) is 0 Å². The van der Waals surface area contributed by atoms with Gasteiger partial charge in [0.15, 0.2) is 9.84 Å². The summed E-state index contributed by atoms with van der Waals surface area (Å²) in [5.74, 6) is -3.77. The van der Waals surface area contributed by atoms with E-state index in [4.69, 9.17) is 0 Å². The molecule has 0 saturated carbocycles. The number of carbonyl (C=O) groups is 1. The molecule has 0 heterocycles. The quantitative estimate of drug-likeness (QED) is 0.931. The lowest BCUT2D eigenvalue weighted by Crippen LogP contribution is -2.24. The van der Waals surface area contributed by atoms with Crippen LogP contribution in [0.25, 0.3) is 0 Å². The Balaban J connectivity index is 2.20. The van der Waals surface area contributed by atoms with Gasteiger partial charge in [0.1, 0.15) is 22.3 Å². The predicted molar refractivity (Wildman–Crippen MR) is 83.0 cm³/mol. The van der Waals surface area contributed by atoms with E-state index >= 15 is 0 Å². The number of rotatable bonds is 4. The molecule has 1 N–H and O–H groups in total. The summed E-state index contributed by atoms with van der Waals surface area (Å²) >= 11 is 0. The Morgan fingerprint density at radius 2 is 1.78 bits per heavy atom. The van der Waals surface area contributed by atoms with Crippen molar-refractivity contribution < 1.29 is 22.0 Å². The molecule has 0 aliphatic carbocycles. The predicted octanol–water partition coefficient (Wildman–Crippen LogP) is 2.99. The molecule has 0 aromatic heterocycles. The van der Waals surface area contributed by atoms with Gasteiger partial charge in [-0.2, -0.15) is 0 Å². The third-order valence-corrected chi connectivity index (χ3v) is 4.83. The van der Waals surface area contributed by atoms with E-state index in [2.05, 4.69) is 5.32 Å². The highest BCUT2D eigenvalue weighted by atomic mass is 32.2. The molecule has 0 unspecified atom stereocenters. The summed E-state index contributed by atoms with van der Waals surface area (Å²) in [7, 11) is -4.28. The van der Waals surface area contributed by atoms with Crippen LogP contribution >= 0.6 is 0 Å². The van der Waals surface area contributed by atoms with E-state index in [1.54, 1.807) is 19.1 Å². The van der Waals surface area contributed by atoms with Gasteiger partial charge in [-0.3, -0.25) is 4.79 Å². The number of benzene rings is 2. The number of sulfone groups is 1. The fraction of sp³-hybridized carbons (Fsp3) is 0.188. The molecule has 0 aliphatic rings. The molecular weight excluding hydrogens is 324 g/mol. The second kappa shape index (κ2) is 6.45. The standard InChI is InChI=1S/C16H15F2NO3S/c1-10-3-6-14(11(2)7-10)19-16(20)9-23(21,22)15-8-12(17)4-5-13(15)18/h3-8H,9H2,1-2H3,(H,19,20). The maximum Gasteiger partial charge on any atom is 0.239 e. The summed E-state index contributed by atoms with van der Waals surface area (Å²) in [6.45, 7) is 3.65. The minimum absolute atomic E-state index is 0.468. The van der Waals surface area contributed by atoms with Crippen molar-refractivity contribution in [1.29, 1.82) is 0 Å². The van der Waals surface area contributed by atoms with Crippen LogP contribution in [0.5, 0.6) is 0 Å². The third kappa shape index (κ3) is 4.13. The van der Waals surface area contributed by atoms with E-state index in [1.165, 1.54) is 0 Å². The van der Waals surface area contributed by atoms with E-state index in [0.29, 0.717) is 17.8 Å². The van der Waals surface area contributed by atoms with Gasteiger partial charge in [-0.25, -0.2) is 17.2 Å². The van der Waals surface area contributed by atoms with E-state index in [0.717, 1.165) is 17.2 Å². The lowest BCUT2D eigenvalue weighted by Gasteiger charge is -2.10. The Labute approximate surface area is 133 Å². The van der Waals surface area contributed by atoms with Crippen molar-refractivity contribution in [3.8, 4) is 0 Å². The molecule has 2 aromatic carbocycles. The van der Waals surface area contributed by atoms with Crippen molar-refractivity contribution >= 4 is 21.4 Å². The number of aryl methyl sites for hydroxylation is 2. The zero-order valence-corrected chi connectivity index (χ0v) is 13.4. The van der Waals surface area contributed by atoms with Crippen LogP contribution in [0.4, 0.5) is 14.5 Å². The Morgan fingerprint density at radius 1 is 1.09 bits per heavy atom. The molecule has 0 atom stereocenters. The van der Waals surface area contributed by atoms with Crippen LogP contribution in [-0.4, -0.2) is 20.1 Å². The van der Waals surface area contributed by atoms with Gasteiger partial charge in [-0.05, 0) is 43.7 Å². The molecule has 2 aromatic rings. The normalized spacial score (nSPS) is 11.3. The number of carbonyl (C=O) groups excluding carboxylic acids is 1. The lowest BCUT2D eigenvalue weighted by molar-refractivity contribution is -0.113. The largest absolute Gasteiger partial charge is 0.325 e. The number of hydrogen-bond acceptors (Lipinski definition) is 3. The summed E-state index contributed by atoms with van der Waals surface area (Å²) in [5, 5.41) is 2.46. The number of amides is 1. The highest BCUT2D eigenvalue weighted by molar-refractivity contribution is 7.92. The van der Waals surface area contributed by atoms with Crippen LogP contribution in [0.3, 0.4) is 0 Å². The zero-order valence-electron chi connectivity index (χ0n) is 12.6. The smallest absolute Gasteiger partial charge is 0.239 e. The lowest BCUT2D eigenvalue weighted by atomic mass is 10.1. The molecule has 23 heavy (non-hydrogen) atoms. The first-order chi connectivity index (χ1) is 10.7. The van der Waals surface area contributed by atoms with Gasteiger partial charge >= 0.3 is 0 Å². The average Bonchev–Trinajstić information content (AvgIpc) is 2.44. The second-order valence-corrected chi connectivity index (χ2v) is 7.16. The van der Waals surface area contributed by atoms with E-state index < -0.39 is 38.0 Å². The molecule has 122 valence electrons. The first-order valence-electron chi connectivity index (χ1n) is 6.74. The molecule has 1 amide bonds. The molecular formula is C16H15F2NO3S. The van der Waals surface area contributed by atoms with Crippen molar-refractivity contribution in [2.75, 3.05) is 11.1 Å². The third-order valence-electron chi connectivity index (χ3n) is 3.21. The van der Waals surface area contributed by atoms with Crippen molar-refractivity contribution in [3.05, 3.63) is 59.2 Å². The van der Waals surface area contributed by atoms with Gasteiger partial charge in [-0.15, -0.1) is 0 Å². The SMILES string of the molecule is Cc1ccc(NC(=O)CS(=O)(=O)c2cc(F)ccc2F)c(C)c1. The molecule has 7 heteroatoms. The molecule has 0 saturated heterocycles. The van der Waals surface area contributed by atoms with Crippen molar-refractivity contribution in [1.82, 2.24) is 0 Å². The minimum atomic E-state index is -4.28.